The number of pyridine rings is 1. The predicted molar refractivity (Wildman–Crippen MR) is 130 cm³/mol. The van der Waals surface area contributed by atoms with E-state index in [1.54, 1.807) is 30.7 Å². The van der Waals surface area contributed by atoms with Gasteiger partial charge in [-0.25, -0.2) is 4.98 Å². The van der Waals surface area contributed by atoms with E-state index >= 15 is 0 Å². The summed E-state index contributed by atoms with van der Waals surface area (Å²) in [4.78, 5) is 11.1. The number of nitrogens with one attached hydrogen (secondary N) is 1. The van der Waals surface area contributed by atoms with Crippen molar-refractivity contribution in [2.75, 3.05) is 18.4 Å². The molecule has 1 saturated carbocycles. The lowest BCUT2D eigenvalue weighted by atomic mass is 10.0. The van der Waals surface area contributed by atoms with Crippen LogP contribution in [-0.4, -0.2) is 48.8 Å². The number of halogens is 3. The first-order valence-corrected chi connectivity index (χ1v) is 12.1. The van der Waals surface area contributed by atoms with Gasteiger partial charge >= 0.3 is 6.18 Å². The third-order valence-corrected chi connectivity index (χ3v) is 7.40. The summed E-state index contributed by atoms with van der Waals surface area (Å²) in [5.74, 6) is 0.722. The maximum absolute atomic E-state index is 14.0. The molecule has 0 radical (unpaired) electrons. The van der Waals surface area contributed by atoms with Crippen molar-refractivity contribution in [2.45, 2.75) is 31.6 Å². The highest BCUT2D eigenvalue weighted by atomic mass is 19.4. The number of alkyl halides is 3. The van der Waals surface area contributed by atoms with Crippen LogP contribution in [0.2, 0.25) is 0 Å². The molecular formula is C26H26F3N7. The molecule has 1 aromatic carbocycles. The van der Waals surface area contributed by atoms with Crippen LogP contribution in [0.1, 0.15) is 24.1 Å². The molecule has 2 aliphatic rings. The van der Waals surface area contributed by atoms with Gasteiger partial charge in [-0.05, 0) is 55.0 Å². The minimum Gasteiger partial charge on any atom is -0.365 e. The molecule has 7 nitrogen and oxygen atoms in total. The monoisotopic (exact) mass is 493 g/mol. The normalized spacial score (nSPS) is 22.3. The number of nitrogens with zero attached hydrogens (tertiary/aromatic N) is 6. The Balaban J connectivity index is 1.17. The highest BCUT2D eigenvalue weighted by Gasteiger charge is 2.42. The number of anilines is 1. The number of fused-ring (bicyclic) bond motifs is 2. The summed E-state index contributed by atoms with van der Waals surface area (Å²) in [6.45, 7) is 2.68. The molecule has 4 heterocycles. The van der Waals surface area contributed by atoms with Crippen LogP contribution in [0.5, 0.6) is 0 Å². The predicted octanol–water partition coefficient (Wildman–Crippen LogP) is 4.77. The van der Waals surface area contributed by atoms with Gasteiger partial charge in [0.2, 0.25) is 0 Å². The van der Waals surface area contributed by atoms with E-state index in [2.05, 4.69) is 30.4 Å². The van der Waals surface area contributed by atoms with Gasteiger partial charge in [-0.1, -0.05) is 12.1 Å². The van der Waals surface area contributed by atoms with E-state index in [0.717, 1.165) is 55.3 Å². The maximum Gasteiger partial charge on any atom is 0.420 e. The largest absolute Gasteiger partial charge is 0.420 e. The van der Waals surface area contributed by atoms with Crippen molar-refractivity contribution in [3.05, 3.63) is 66.2 Å². The number of rotatable bonds is 5. The second kappa shape index (κ2) is 8.85. The molecule has 10 heteroatoms. The van der Waals surface area contributed by atoms with Crippen molar-refractivity contribution >= 4 is 16.9 Å². The summed E-state index contributed by atoms with van der Waals surface area (Å²) in [6.07, 6.45) is 0.567. The smallest absolute Gasteiger partial charge is 0.365 e. The van der Waals surface area contributed by atoms with E-state index < -0.39 is 11.7 Å². The van der Waals surface area contributed by atoms with Gasteiger partial charge in [0.25, 0.3) is 0 Å². The molecule has 3 aromatic heterocycles. The van der Waals surface area contributed by atoms with Crippen molar-refractivity contribution in [2.24, 2.45) is 18.9 Å². The third kappa shape index (κ3) is 4.41. The lowest BCUT2D eigenvalue weighted by Gasteiger charge is -2.21. The molecule has 1 N–H and O–H groups in total. The van der Waals surface area contributed by atoms with Crippen LogP contribution in [0.15, 0.2) is 55.0 Å². The van der Waals surface area contributed by atoms with Crippen LogP contribution in [0.3, 0.4) is 0 Å². The van der Waals surface area contributed by atoms with Crippen molar-refractivity contribution in [3.63, 3.8) is 0 Å². The fourth-order valence-electron chi connectivity index (χ4n) is 5.70. The van der Waals surface area contributed by atoms with E-state index in [4.69, 9.17) is 0 Å². The summed E-state index contributed by atoms with van der Waals surface area (Å²) in [5, 5.41) is 11.3. The minimum absolute atomic E-state index is 0.0518. The van der Waals surface area contributed by atoms with Crippen molar-refractivity contribution < 1.29 is 13.2 Å². The molecule has 1 unspecified atom stereocenters. The number of likely N-dealkylation sites (tertiary alicyclic amines) is 1. The number of benzene rings is 1. The molecule has 186 valence electrons. The SMILES string of the molecule is Cn1cnc2ccc(-c3cc(C(F)(F)F)c(NC4C[C@@H]5CN(Cc6ccccn6)C[C@@H]5C4)nn3)cc21. The van der Waals surface area contributed by atoms with Gasteiger partial charge in [-0.15, -0.1) is 10.2 Å². The fourth-order valence-corrected chi connectivity index (χ4v) is 5.70. The molecule has 36 heavy (non-hydrogen) atoms. The lowest BCUT2D eigenvalue weighted by molar-refractivity contribution is -0.137. The number of imidazole rings is 1. The summed E-state index contributed by atoms with van der Waals surface area (Å²) in [6, 6.07) is 12.2. The van der Waals surface area contributed by atoms with Crippen LogP contribution >= 0.6 is 0 Å². The van der Waals surface area contributed by atoms with Crippen molar-refractivity contribution in [1.29, 1.82) is 0 Å². The van der Waals surface area contributed by atoms with Crippen LogP contribution in [0, 0.1) is 11.8 Å². The minimum atomic E-state index is -4.54. The summed E-state index contributed by atoms with van der Waals surface area (Å²) in [5.41, 5.74) is 2.60. The summed E-state index contributed by atoms with van der Waals surface area (Å²) >= 11 is 0. The van der Waals surface area contributed by atoms with Crippen LogP contribution < -0.4 is 5.32 Å². The van der Waals surface area contributed by atoms with Crippen molar-refractivity contribution in [3.8, 4) is 11.3 Å². The Morgan fingerprint density at radius 3 is 2.53 bits per heavy atom. The molecule has 4 aromatic rings. The molecule has 3 atom stereocenters. The standard InChI is InChI=1S/C26H26F3N7/c1-35-15-31-22-6-5-16(10-24(22)35)23-11-21(26(27,28)29)25(34-33-23)32-20-8-17-12-36(13-18(17)9-20)14-19-4-2-3-7-30-19/h2-7,10-11,15,17-18,20H,8-9,12-14H2,1H3,(H,32,34)/t17-,18+,20?. The number of hydrogen-bond donors (Lipinski definition) is 1. The second-order valence-electron chi connectivity index (χ2n) is 9.90. The van der Waals surface area contributed by atoms with Gasteiger partial charge < -0.3 is 9.88 Å². The molecule has 1 aliphatic heterocycles. The first-order chi connectivity index (χ1) is 17.3. The first-order valence-electron chi connectivity index (χ1n) is 12.1. The zero-order valence-corrected chi connectivity index (χ0v) is 19.8. The average Bonchev–Trinajstić information content (AvgIpc) is 3.52. The van der Waals surface area contributed by atoms with Gasteiger partial charge in [0, 0.05) is 44.5 Å². The molecule has 0 amide bonds. The Morgan fingerprint density at radius 2 is 1.81 bits per heavy atom. The Bertz CT molecular complexity index is 1370. The highest BCUT2D eigenvalue weighted by Crippen LogP contribution is 2.41. The molecule has 2 fully saturated rings. The van der Waals surface area contributed by atoms with Gasteiger partial charge in [0.1, 0.15) is 5.56 Å². The Kier molecular flexibility index (Phi) is 5.63. The molecule has 0 bridgehead atoms. The molecular weight excluding hydrogens is 467 g/mol. The van der Waals surface area contributed by atoms with Gasteiger partial charge in [0.05, 0.1) is 28.7 Å². The number of aryl methyl sites for hydroxylation is 1. The highest BCUT2D eigenvalue weighted by molar-refractivity contribution is 5.81. The zero-order chi connectivity index (χ0) is 24.9. The van der Waals surface area contributed by atoms with Crippen LogP contribution in [-0.2, 0) is 19.8 Å². The summed E-state index contributed by atoms with van der Waals surface area (Å²) in [7, 11) is 1.84. The van der Waals surface area contributed by atoms with E-state index in [-0.39, 0.29) is 17.6 Å². The second-order valence-corrected chi connectivity index (χ2v) is 9.90. The Labute approximate surface area is 206 Å². The topological polar surface area (TPSA) is 71.8 Å². The van der Waals surface area contributed by atoms with Gasteiger partial charge in [0.15, 0.2) is 5.82 Å². The van der Waals surface area contributed by atoms with E-state index in [0.29, 0.717) is 17.4 Å². The molecule has 0 spiro atoms. The summed E-state index contributed by atoms with van der Waals surface area (Å²) < 4.78 is 43.9. The zero-order valence-electron chi connectivity index (χ0n) is 19.8. The van der Waals surface area contributed by atoms with Crippen molar-refractivity contribution in [1.82, 2.24) is 29.6 Å². The Morgan fingerprint density at radius 1 is 1.00 bits per heavy atom. The number of hydrogen-bond acceptors (Lipinski definition) is 6. The molecule has 1 saturated heterocycles. The lowest BCUT2D eigenvalue weighted by Crippen LogP contribution is -2.26. The van der Waals surface area contributed by atoms with Crippen LogP contribution in [0.25, 0.3) is 22.3 Å². The van der Waals surface area contributed by atoms with E-state index in [9.17, 15) is 13.2 Å². The van der Waals surface area contributed by atoms with Crippen LogP contribution in [0.4, 0.5) is 19.0 Å². The number of aromatic nitrogens is 5. The average molecular weight is 494 g/mol. The Hall–Kier alpha value is -3.53. The van der Waals surface area contributed by atoms with Gasteiger partial charge in [-0.2, -0.15) is 13.2 Å². The quantitative estimate of drug-likeness (QED) is 0.432. The molecule has 6 rings (SSSR count). The third-order valence-electron chi connectivity index (χ3n) is 7.40. The molecule has 1 aliphatic carbocycles. The van der Waals surface area contributed by atoms with Gasteiger partial charge in [-0.3, -0.25) is 9.88 Å². The maximum atomic E-state index is 14.0. The van der Waals surface area contributed by atoms with E-state index in [1.807, 2.05) is 29.8 Å². The fraction of sp³-hybridized carbons (Fsp3) is 0.385. The first kappa shape index (κ1) is 22.9. The van der Waals surface area contributed by atoms with E-state index in [1.165, 1.54) is 0 Å².